The second-order valence-electron chi connectivity index (χ2n) is 7.32. The SMILES string of the molecule is Cc1nc(-c2ccccc2)sc1C(=O)Nc1ccccc1C(=O)Nc1ccc2c(c1)OCO2. The number of benzene rings is 3. The Morgan fingerprint density at radius 2 is 1.64 bits per heavy atom. The highest BCUT2D eigenvalue weighted by atomic mass is 32.1. The largest absolute Gasteiger partial charge is 0.454 e. The number of rotatable bonds is 5. The molecule has 0 bridgehead atoms. The third-order valence-electron chi connectivity index (χ3n) is 5.07. The van der Waals surface area contributed by atoms with Crippen LogP contribution >= 0.6 is 11.3 Å². The van der Waals surface area contributed by atoms with Crippen LogP contribution in [0.4, 0.5) is 11.4 Å². The number of nitrogens with one attached hydrogen (secondary N) is 2. The van der Waals surface area contributed by atoms with Crippen molar-refractivity contribution in [3.63, 3.8) is 0 Å². The number of amides is 2. The van der Waals surface area contributed by atoms with Crippen molar-refractivity contribution in [2.24, 2.45) is 0 Å². The van der Waals surface area contributed by atoms with Crippen LogP contribution in [0.3, 0.4) is 0 Å². The zero-order valence-electron chi connectivity index (χ0n) is 17.6. The number of hydrogen-bond acceptors (Lipinski definition) is 6. The quantitative estimate of drug-likeness (QED) is 0.422. The van der Waals surface area contributed by atoms with E-state index in [-0.39, 0.29) is 18.6 Å². The number of aromatic nitrogens is 1. The van der Waals surface area contributed by atoms with Crippen LogP contribution in [0.5, 0.6) is 11.5 Å². The van der Waals surface area contributed by atoms with E-state index in [2.05, 4.69) is 15.6 Å². The third-order valence-corrected chi connectivity index (χ3v) is 6.28. The minimum absolute atomic E-state index is 0.157. The summed E-state index contributed by atoms with van der Waals surface area (Å²) in [5.41, 5.74) is 2.91. The number of para-hydroxylation sites is 1. The zero-order valence-corrected chi connectivity index (χ0v) is 18.4. The van der Waals surface area contributed by atoms with Gasteiger partial charge in [-0.1, -0.05) is 42.5 Å². The van der Waals surface area contributed by atoms with Crippen molar-refractivity contribution in [2.45, 2.75) is 6.92 Å². The van der Waals surface area contributed by atoms with Gasteiger partial charge in [0.05, 0.1) is 16.9 Å². The van der Waals surface area contributed by atoms with E-state index in [1.54, 1.807) is 49.4 Å². The van der Waals surface area contributed by atoms with Gasteiger partial charge in [0.1, 0.15) is 9.88 Å². The Balaban J connectivity index is 1.35. The van der Waals surface area contributed by atoms with Crippen molar-refractivity contribution < 1.29 is 19.1 Å². The lowest BCUT2D eigenvalue weighted by Gasteiger charge is -2.11. The van der Waals surface area contributed by atoms with Crippen molar-refractivity contribution >= 4 is 34.5 Å². The van der Waals surface area contributed by atoms with Crippen molar-refractivity contribution in [1.29, 1.82) is 0 Å². The average Bonchev–Trinajstić information content (AvgIpc) is 3.46. The first kappa shape index (κ1) is 20.7. The van der Waals surface area contributed by atoms with E-state index in [9.17, 15) is 9.59 Å². The highest BCUT2D eigenvalue weighted by molar-refractivity contribution is 7.17. The van der Waals surface area contributed by atoms with Crippen molar-refractivity contribution in [1.82, 2.24) is 4.98 Å². The zero-order chi connectivity index (χ0) is 22.8. The summed E-state index contributed by atoms with van der Waals surface area (Å²) in [5.74, 6) is 0.547. The first-order valence-corrected chi connectivity index (χ1v) is 11.0. The molecule has 0 spiro atoms. The highest BCUT2D eigenvalue weighted by Crippen LogP contribution is 2.34. The van der Waals surface area contributed by atoms with E-state index >= 15 is 0 Å². The minimum atomic E-state index is -0.351. The predicted molar refractivity (Wildman–Crippen MR) is 127 cm³/mol. The lowest BCUT2D eigenvalue weighted by molar-refractivity contribution is 0.102. The number of carbonyl (C=O) groups is 2. The molecular formula is C25H19N3O4S. The minimum Gasteiger partial charge on any atom is -0.454 e. The summed E-state index contributed by atoms with van der Waals surface area (Å²) in [7, 11) is 0. The number of aryl methyl sites for hydroxylation is 1. The van der Waals surface area contributed by atoms with E-state index in [1.165, 1.54) is 11.3 Å². The van der Waals surface area contributed by atoms with Gasteiger partial charge in [0.25, 0.3) is 11.8 Å². The van der Waals surface area contributed by atoms with Gasteiger partial charge in [0.15, 0.2) is 11.5 Å². The molecule has 0 unspecified atom stereocenters. The first-order valence-electron chi connectivity index (χ1n) is 10.2. The van der Waals surface area contributed by atoms with E-state index in [0.717, 1.165) is 10.6 Å². The molecule has 3 aromatic carbocycles. The molecule has 8 heteroatoms. The van der Waals surface area contributed by atoms with Gasteiger partial charge < -0.3 is 20.1 Å². The van der Waals surface area contributed by atoms with Gasteiger partial charge in [-0.15, -0.1) is 11.3 Å². The highest BCUT2D eigenvalue weighted by Gasteiger charge is 2.20. The van der Waals surface area contributed by atoms with Crippen LogP contribution < -0.4 is 20.1 Å². The predicted octanol–water partition coefficient (Wildman–Crippen LogP) is 5.35. The molecule has 0 atom stereocenters. The smallest absolute Gasteiger partial charge is 0.267 e. The lowest BCUT2D eigenvalue weighted by atomic mass is 10.1. The van der Waals surface area contributed by atoms with Crippen LogP contribution in [0.1, 0.15) is 25.7 Å². The third kappa shape index (κ3) is 4.28. The molecule has 33 heavy (non-hydrogen) atoms. The monoisotopic (exact) mass is 457 g/mol. The van der Waals surface area contributed by atoms with Gasteiger partial charge in [0, 0.05) is 17.3 Å². The molecule has 0 saturated carbocycles. The molecule has 0 fully saturated rings. The molecule has 1 aliphatic heterocycles. The van der Waals surface area contributed by atoms with Crippen LogP contribution in [-0.2, 0) is 0 Å². The van der Waals surface area contributed by atoms with Crippen LogP contribution in [0, 0.1) is 6.92 Å². The number of thiazole rings is 1. The Hall–Kier alpha value is -4.17. The van der Waals surface area contributed by atoms with Crippen LogP contribution in [0.15, 0.2) is 72.8 Å². The van der Waals surface area contributed by atoms with Gasteiger partial charge >= 0.3 is 0 Å². The van der Waals surface area contributed by atoms with E-state index in [1.807, 2.05) is 30.3 Å². The second kappa shape index (κ2) is 8.76. The maximum atomic E-state index is 13.0. The Morgan fingerprint density at radius 3 is 2.48 bits per heavy atom. The number of hydrogen-bond donors (Lipinski definition) is 2. The standard InChI is InChI=1S/C25H19N3O4S/c1-15-22(33-25(26-15)16-7-3-2-4-8-16)24(30)28-19-10-6-5-9-18(19)23(29)27-17-11-12-20-21(13-17)32-14-31-20/h2-13H,14H2,1H3,(H,27,29)(H,28,30). The van der Waals surface area contributed by atoms with Crippen LogP contribution in [0.2, 0.25) is 0 Å². The van der Waals surface area contributed by atoms with Crippen LogP contribution in [0.25, 0.3) is 10.6 Å². The van der Waals surface area contributed by atoms with Gasteiger partial charge in [0.2, 0.25) is 6.79 Å². The average molecular weight is 458 g/mol. The van der Waals surface area contributed by atoms with Gasteiger partial charge in [-0.25, -0.2) is 4.98 Å². The molecule has 164 valence electrons. The molecule has 7 nitrogen and oxygen atoms in total. The van der Waals surface area contributed by atoms with Gasteiger partial charge in [-0.2, -0.15) is 0 Å². The number of anilines is 2. The lowest BCUT2D eigenvalue weighted by Crippen LogP contribution is -2.18. The molecule has 2 N–H and O–H groups in total. The summed E-state index contributed by atoms with van der Waals surface area (Å²) in [4.78, 5) is 31.0. The molecule has 0 radical (unpaired) electrons. The van der Waals surface area contributed by atoms with E-state index in [0.29, 0.717) is 39.0 Å². The summed E-state index contributed by atoms with van der Waals surface area (Å²) < 4.78 is 10.7. The molecule has 1 aromatic heterocycles. The first-order chi connectivity index (χ1) is 16.1. The molecule has 0 aliphatic carbocycles. The summed E-state index contributed by atoms with van der Waals surface area (Å²) >= 11 is 1.32. The second-order valence-corrected chi connectivity index (χ2v) is 8.32. The molecular weight excluding hydrogens is 438 g/mol. The van der Waals surface area contributed by atoms with E-state index in [4.69, 9.17) is 9.47 Å². The fourth-order valence-corrected chi connectivity index (χ4v) is 4.42. The molecule has 2 heterocycles. The Labute approximate surface area is 194 Å². The Kier molecular flexibility index (Phi) is 5.50. The molecule has 0 saturated heterocycles. The number of ether oxygens (including phenoxy) is 2. The Morgan fingerprint density at radius 1 is 0.879 bits per heavy atom. The van der Waals surface area contributed by atoms with Gasteiger partial charge in [-0.05, 0) is 31.2 Å². The van der Waals surface area contributed by atoms with Crippen molar-refractivity contribution in [3.8, 4) is 22.1 Å². The number of carbonyl (C=O) groups excluding carboxylic acids is 2. The van der Waals surface area contributed by atoms with Crippen molar-refractivity contribution in [2.75, 3.05) is 17.4 Å². The summed E-state index contributed by atoms with van der Waals surface area (Å²) in [6, 6.07) is 21.7. The normalized spacial score (nSPS) is 11.8. The topological polar surface area (TPSA) is 89.6 Å². The number of nitrogens with zero attached hydrogens (tertiary/aromatic N) is 1. The molecule has 5 rings (SSSR count). The van der Waals surface area contributed by atoms with E-state index < -0.39 is 0 Å². The maximum Gasteiger partial charge on any atom is 0.267 e. The Bertz CT molecular complexity index is 1350. The molecule has 2 amide bonds. The fourth-order valence-electron chi connectivity index (χ4n) is 3.45. The molecule has 1 aliphatic rings. The number of fused-ring (bicyclic) bond motifs is 1. The summed E-state index contributed by atoms with van der Waals surface area (Å²) in [6.07, 6.45) is 0. The molecule has 4 aromatic rings. The maximum absolute atomic E-state index is 13.0. The van der Waals surface area contributed by atoms with Gasteiger partial charge in [-0.3, -0.25) is 9.59 Å². The summed E-state index contributed by atoms with van der Waals surface area (Å²) in [5, 5.41) is 6.48. The van der Waals surface area contributed by atoms with Crippen LogP contribution in [-0.4, -0.2) is 23.6 Å². The summed E-state index contributed by atoms with van der Waals surface area (Å²) in [6.45, 7) is 1.96. The van der Waals surface area contributed by atoms with Crippen molar-refractivity contribution in [3.05, 3.63) is 88.9 Å². The fraction of sp³-hybridized carbons (Fsp3) is 0.0800.